The summed E-state index contributed by atoms with van der Waals surface area (Å²) in [6.07, 6.45) is 1.70. The molecule has 0 aliphatic heterocycles. The molecule has 0 amide bonds. The largest absolute Gasteiger partial charge is 0.490 e. The van der Waals surface area contributed by atoms with Gasteiger partial charge in [-0.3, -0.25) is 0 Å². The molecule has 0 fully saturated rings. The Hall–Kier alpha value is -1.38. The van der Waals surface area contributed by atoms with Crippen molar-refractivity contribution in [2.75, 3.05) is 6.61 Å². The molecular formula is C23H19Cl4IN2O2. The van der Waals surface area contributed by atoms with E-state index < -0.39 is 0 Å². The quantitative estimate of drug-likeness (QED) is 0.149. The standard InChI is InChI=1S/C23H19Cl4IN2O2/c1-2-31-22-9-14(11-29-30-12-17-18(25)4-3-5-19(17)26)8-21(28)23(22)32-13-15-6-7-16(24)10-20(15)27/h3-11,30H,2,12-13H2,1H3/b29-11-. The molecule has 0 aliphatic carbocycles. The van der Waals surface area contributed by atoms with Crippen LogP contribution in [-0.4, -0.2) is 12.8 Å². The van der Waals surface area contributed by atoms with E-state index in [1.807, 2.05) is 25.1 Å². The summed E-state index contributed by atoms with van der Waals surface area (Å²) in [7, 11) is 0. The van der Waals surface area contributed by atoms with Gasteiger partial charge in [0.1, 0.15) is 6.61 Å². The molecule has 3 rings (SSSR count). The Kier molecular flexibility index (Phi) is 9.61. The first kappa shape index (κ1) is 25.2. The zero-order valence-corrected chi connectivity index (χ0v) is 22.2. The van der Waals surface area contributed by atoms with Crippen molar-refractivity contribution in [2.45, 2.75) is 20.1 Å². The maximum atomic E-state index is 6.26. The third-order valence-corrected chi connectivity index (χ3v) is 6.44. The van der Waals surface area contributed by atoms with Crippen LogP contribution in [-0.2, 0) is 13.2 Å². The molecule has 0 saturated carbocycles. The molecule has 0 atom stereocenters. The fraction of sp³-hybridized carbons (Fsp3) is 0.174. The van der Waals surface area contributed by atoms with E-state index in [4.69, 9.17) is 55.9 Å². The molecule has 0 spiro atoms. The molecule has 1 N–H and O–H groups in total. The van der Waals surface area contributed by atoms with E-state index in [2.05, 4.69) is 33.1 Å². The average Bonchev–Trinajstić information content (AvgIpc) is 2.74. The van der Waals surface area contributed by atoms with E-state index in [0.29, 0.717) is 51.3 Å². The molecule has 9 heteroatoms. The molecule has 0 saturated heterocycles. The normalized spacial score (nSPS) is 11.1. The second-order valence-corrected chi connectivity index (χ2v) is 9.40. The number of ether oxygens (including phenoxy) is 2. The van der Waals surface area contributed by atoms with E-state index in [1.165, 1.54) is 0 Å². The second kappa shape index (κ2) is 12.2. The molecule has 0 unspecified atom stereocenters. The maximum Gasteiger partial charge on any atom is 0.175 e. The minimum absolute atomic E-state index is 0.291. The van der Waals surface area contributed by atoms with Gasteiger partial charge in [0.2, 0.25) is 0 Å². The van der Waals surface area contributed by atoms with Gasteiger partial charge in [0.05, 0.1) is 22.9 Å². The van der Waals surface area contributed by atoms with Gasteiger partial charge in [0, 0.05) is 31.2 Å². The van der Waals surface area contributed by atoms with Crippen molar-refractivity contribution in [1.29, 1.82) is 0 Å². The third-order valence-electron chi connectivity index (χ3n) is 4.34. The Labute approximate surface area is 220 Å². The van der Waals surface area contributed by atoms with Crippen LogP contribution >= 0.6 is 69.0 Å². The van der Waals surface area contributed by atoms with Gasteiger partial charge in [-0.2, -0.15) is 5.10 Å². The fourth-order valence-electron chi connectivity index (χ4n) is 2.80. The van der Waals surface area contributed by atoms with Gasteiger partial charge in [0.15, 0.2) is 11.5 Å². The number of nitrogens with one attached hydrogen (secondary N) is 1. The molecule has 3 aromatic carbocycles. The smallest absolute Gasteiger partial charge is 0.175 e. The van der Waals surface area contributed by atoms with Gasteiger partial charge >= 0.3 is 0 Å². The molecule has 4 nitrogen and oxygen atoms in total. The van der Waals surface area contributed by atoms with Gasteiger partial charge in [-0.05, 0) is 71.5 Å². The van der Waals surface area contributed by atoms with Gasteiger partial charge < -0.3 is 14.9 Å². The van der Waals surface area contributed by atoms with Crippen LogP contribution in [0.1, 0.15) is 23.6 Å². The highest BCUT2D eigenvalue weighted by molar-refractivity contribution is 14.1. The Morgan fingerprint density at radius 3 is 2.41 bits per heavy atom. The highest BCUT2D eigenvalue weighted by Crippen LogP contribution is 2.35. The Balaban J connectivity index is 1.72. The van der Waals surface area contributed by atoms with Crippen molar-refractivity contribution in [2.24, 2.45) is 5.10 Å². The summed E-state index contributed by atoms with van der Waals surface area (Å²) in [5.41, 5.74) is 5.46. The fourth-order valence-corrected chi connectivity index (χ4v) is 4.58. The van der Waals surface area contributed by atoms with Gasteiger partial charge in [-0.25, -0.2) is 0 Å². The number of rotatable bonds is 9. The summed E-state index contributed by atoms with van der Waals surface area (Å²) in [4.78, 5) is 0. The third kappa shape index (κ3) is 6.81. The molecule has 0 radical (unpaired) electrons. The highest BCUT2D eigenvalue weighted by Gasteiger charge is 2.13. The summed E-state index contributed by atoms with van der Waals surface area (Å²) in [5.74, 6) is 1.27. The monoisotopic (exact) mass is 622 g/mol. The molecular weight excluding hydrogens is 605 g/mol. The summed E-state index contributed by atoms with van der Waals surface area (Å²) in [6.45, 7) is 3.12. The lowest BCUT2D eigenvalue weighted by Crippen LogP contribution is -2.07. The van der Waals surface area contributed by atoms with Crippen LogP contribution in [0.25, 0.3) is 0 Å². The summed E-state index contributed by atoms with van der Waals surface area (Å²) >= 11 is 26.8. The van der Waals surface area contributed by atoms with Crippen LogP contribution in [0.15, 0.2) is 53.6 Å². The van der Waals surface area contributed by atoms with Crippen LogP contribution in [0.5, 0.6) is 11.5 Å². The lowest BCUT2D eigenvalue weighted by molar-refractivity contribution is 0.267. The molecule has 0 aliphatic rings. The summed E-state index contributed by atoms with van der Waals surface area (Å²) < 4.78 is 12.7. The van der Waals surface area contributed by atoms with E-state index in [-0.39, 0.29) is 0 Å². The SMILES string of the molecule is CCOc1cc(/C=N\NCc2c(Cl)cccc2Cl)cc(I)c1OCc1ccc(Cl)cc1Cl. The number of benzene rings is 3. The summed E-state index contributed by atoms with van der Waals surface area (Å²) in [6, 6.07) is 14.5. The van der Waals surface area contributed by atoms with Gasteiger partial charge in [0.25, 0.3) is 0 Å². The number of hydrogen-bond donors (Lipinski definition) is 1. The van der Waals surface area contributed by atoms with Crippen LogP contribution in [0, 0.1) is 3.57 Å². The molecule has 0 aromatic heterocycles. The van der Waals surface area contributed by atoms with E-state index >= 15 is 0 Å². The van der Waals surface area contributed by atoms with Crippen molar-refractivity contribution >= 4 is 75.2 Å². The number of nitrogens with zero attached hydrogens (tertiary/aromatic N) is 1. The lowest BCUT2D eigenvalue weighted by Gasteiger charge is -2.15. The van der Waals surface area contributed by atoms with E-state index in [1.54, 1.807) is 36.5 Å². The van der Waals surface area contributed by atoms with Crippen molar-refractivity contribution < 1.29 is 9.47 Å². The van der Waals surface area contributed by atoms with Crippen molar-refractivity contribution in [3.63, 3.8) is 0 Å². The average molecular weight is 624 g/mol. The maximum absolute atomic E-state index is 6.26. The number of halogens is 5. The van der Waals surface area contributed by atoms with E-state index in [0.717, 1.165) is 20.3 Å². The van der Waals surface area contributed by atoms with Crippen LogP contribution < -0.4 is 14.9 Å². The zero-order chi connectivity index (χ0) is 23.1. The summed E-state index contributed by atoms with van der Waals surface area (Å²) in [5, 5.41) is 6.60. The zero-order valence-electron chi connectivity index (χ0n) is 17.0. The molecule has 168 valence electrons. The van der Waals surface area contributed by atoms with Gasteiger partial charge in [-0.1, -0.05) is 58.5 Å². The van der Waals surface area contributed by atoms with Crippen molar-refractivity contribution in [3.05, 3.63) is 88.9 Å². The Morgan fingerprint density at radius 1 is 0.969 bits per heavy atom. The van der Waals surface area contributed by atoms with Crippen molar-refractivity contribution in [1.82, 2.24) is 5.43 Å². The first-order valence-corrected chi connectivity index (χ1v) is 12.2. The van der Waals surface area contributed by atoms with Crippen LogP contribution in [0.2, 0.25) is 20.1 Å². The number of hydrogen-bond acceptors (Lipinski definition) is 4. The minimum atomic E-state index is 0.291. The predicted octanol–water partition coefficient (Wildman–Crippen LogP) is 8.01. The van der Waals surface area contributed by atoms with Gasteiger partial charge in [-0.15, -0.1) is 0 Å². The highest BCUT2D eigenvalue weighted by atomic mass is 127. The Morgan fingerprint density at radius 2 is 1.72 bits per heavy atom. The van der Waals surface area contributed by atoms with Crippen molar-refractivity contribution in [3.8, 4) is 11.5 Å². The first-order valence-electron chi connectivity index (χ1n) is 9.61. The van der Waals surface area contributed by atoms with Crippen LogP contribution in [0.4, 0.5) is 0 Å². The predicted molar refractivity (Wildman–Crippen MR) is 142 cm³/mol. The lowest BCUT2D eigenvalue weighted by atomic mass is 10.2. The number of hydrazone groups is 1. The second-order valence-electron chi connectivity index (χ2n) is 6.58. The molecule has 3 aromatic rings. The molecule has 0 bridgehead atoms. The topological polar surface area (TPSA) is 42.8 Å². The van der Waals surface area contributed by atoms with Crippen LogP contribution in [0.3, 0.4) is 0 Å². The molecule has 32 heavy (non-hydrogen) atoms. The first-order chi connectivity index (χ1) is 15.4. The Bertz CT molecular complexity index is 1110. The minimum Gasteiger partial charge on any atom is -0.490 e. The molecule has 0 heterocycles. The van der Waals surface area contributed by atoms with E-state index in [9.17, 15) is 0 Å².